The Hall–Kier alpha value is -0.870. The van der Waals surface area contributed by atoms with Gasteiger partial charge in [0.05, 0.1) is 17.8 Å². The lowest BCUT2D eigenvalue weighted by Crippen LogP contribution is -2.25. The minimum atomic E-state index is 0.394. The van der Waals surface area contributed by atoms with E-state index in [1.54, 1.807) is 0 Å². The Balaban J connectivity index is 2.20. The van der Waals surface area contributed by atoms with Crippen LogP contribution in [0.15, 0.2) is 0 Å². The summed E-state index contributed by atoms with van der Waals surface area (Å²) in [4.78, 5) is 0. The smallest absolute Gasteiger partial charge is 0.0629 e. The van der Waals surface area contributed by atoms with Gasteiger partial charge in [0.1, 0.15) is 0 Å². The molecule has 102 valence electrons. The molecule has 2 rings (SSSR count). The Kier molecular flexibility index (Phi) is 4.40. The van der Waals surface area contributed by atoms with E-state index in [2.05, 4.69) is 18.5 Å². The van der Waals surface area contributed by atoms with Gasteiger partial charge in [-0.25, -0.2) is 0 Å². The third-order valence-electron chi connectivity index (χ3n) is 4.15. The minimum absolute atomic E-state index is 0.394. The van der Waals surface area contributed by atoms with E-state index in [0.29, 0.717) is 18.7 Å². The number of ether oxygens (including phenoxy) is 1. The highest BCUT2D eigenvalue weighted by Gasteiger charge is 2.25. The van der Waals surface area contributed by atoms with Crippen molar-refractivity contribution in [3.63, 3.8) is 0 Å². The molecule has 1 aliphatic rings. The van der Waals surface area contributed by atoms with Crippen molar-refractivity contribution in [2.45, 2.75) is 58.1 Å². The van der Waals surface area contributed by atoms with E-state index in [9.17, 15) is 0 Å². The van der Waals surface area contributed by atoms with Gasteiger partial charge in [-0.2, -0.15) is 5.10 Å². The lowest BCUT2D eigenvalue weighted by Gasteiger charge is -2.29. The number of methoxy groups -OCH3 is 1. The predicted octanol–water partition coefficient (Wildman–Crippen LogP) is 2.13. The van der Waals surface area contributed by atoms with Gasteiger partial charge < -0.3 is 10.5 Å². The molecule has 0 aliphatic heterocycles. The maximum absolute atomic E-state index is 5.67. The fourth-order valence-corrected chi connectivity index (χ4v) is 3.12. The molecule has 1 aromatic heterocycles. The molecule has 0 saturated heterocycles. The number of aryl methyl sites for hydroxylation is 1. The zero-order valence-electron chi connectivity index (χ0n) is 11.8. The predicted molar refractivity (Wildman–Crippen MR) is 72.8 cm³/mol. The van der Waals surface area contributed by atoms with E-state index >= 15 is 0 Å². The first-order chi connectivity index (χ1) is 8.67. The highest BCUT2D eigenvalue weighted by Crippen LogP contribution is 2.31. The topological polar surface area (TPSA) is 53.1 Å². The molecule has 2 atom stereocenters. The quantitative estimate of drug-likeness (QED) is 0.892. The maximum Gasteiger partial charge on any atom is 0.0629 e. The van der Waals surface area contributed by atoms with E-state index in [0.717, 1.165) is 18.5 Å². The molecule has 0 aromatic carbocycles. The van der Waals surface area contributed by atoms with Gasteiger partial charge in [-0.3, -0.25) is 4.68 Å². The van der Waals surface area contributed by atoms with Gasteiger partial charge >= 0.3 is 0 Å². The first kappa shape index (κ1) is 13.6. The number of hydrogen-bond acceptors (Lipinski definition) is 3. The van der Waals surface area contributed by atoms with Crippen molar-refractivity contribution in [1.82, 2.24) is 9.78 Å². The Morgan fingerprint density at radius 1 is 1.39 bits per heavy atom. The Bertz CT molecular complexity index is 400. The van der Waals surface area contributed by atoms with Crippen LogP contribution >= 0.6 is 0 Å². The average molecular weight is 251 g/mol. The van der Waals surface area contributed by atoms with Crippen LogP contribution in [0.1, 0.15) is 48.7 Å². The fourth-order valence-electron chi connectivity index (χ4n) is 3.12. The van der Waals surface area contributed by atoms with E-state index in [4.69, 9.17) is 15.6 Å². The molecule has 4 heteroatoms. The fraction of sp³-hybridized carbons (Fsp3) is 0.786. The van der Waals surface area contributed by atoms with Crippen LogP contribution in [0.4, 0.5) is 0 Å². The monoisotopic (exact) mass is 251 g/mol. The summed E-state index contributed by atoms with van der Waals surface area (Å²) in [7, 11) is 1.81. The van der Waals surface area contributed by atoms with Crippen molar-refractivity contribution in [2.24, 2.45) is 5.73 Å². The Morgan fingerprint density at radius 3 is 2.83 bits per heavy atom. The van der Waals surface area contributed by atoms with Crippen LogP contribution in [0, 0.1) is 13.8 Å². The van der Waals surface area contributed by atoms with Gasteiger partial charge in [0.2, 0.25) is 0 Å². The lowest BCUT2D eigenvalue weighted by molar-refractivity contribution is 0.0503. The van der Waals surface area contributed by atoms with Crippen LogP contribution in [-0.4, -0.2) is 29.5 Å². The summed E-state index contributed by atoms with van der Waals surface area (Å²) in [6.07, 6.45) is 6.03. The second-order valence-corrected chi connectivity index (χ2v) is 5.31. The number of hydrogen-bond donors (Lipinski definition) is 1. The lowest BCUT2D eigenvalue weighted by atomic mass is 9.92. The second-order valence-electron chi connectivity index (χ2n) is 5.31. The molecular formula is C14H25N3O. The van der Waals surface area contributed by atoms with Gasteiger partial charge in [-0.05, 0) is 58.1 Å². The summed E-state index contributed by atoms with van der Waals surface area (Å²) < 4.78 is 7.72. The number of nitrogens with zero attached hydrogens (tertiary/aromatic N) is 2. The van der Waals surface area contributed by atoms with Crippen molar-refractivity contribution >= 4 is 0 Å². The molecule has 2 unspecified atom stereocenters. The van der Waals surface area contributed by atoms with Crippen LogP contribution in [0.25, 0.3) is 0 Å². The molecule has 0 bridgehead atoms. The van der Waals surface area contributed by atoms with E-state index < -0.39 is 0 Å². The van der Waals surface area contributed by atoms with Crippen molar-refractivity contribution < 1.29 is 4.74 Å². The third kappa shape index (κ3) is 2.59. The second kappa shape index (κ2) is 5.85. The summed E-state index contributed by atoms with van der Waals surface area (Å²) in [6.45, 7) is 4.95. The SMILES string of the molecule is COC1CCCC(n2nc(C)c(CCN)c2C)C1. The molecule has 1 heterocycles. The molecule has 4 nitrogen and oxygen atoms in total. The first-order valence-corrected chi connectivity index (χ1v) is 6.94. The van der Waals surface area contributed by atoms with Crippen molar-refractivity contribution in [2.75, 3.05) is 13.7 Å². The summed E-state index contributed by atoms with van der Waals surface area (Å²) in [5.41, 5.74) is 9.43. The Labute approximate surface area is 110 Å². The maximum atomic E-state index is 5.67. The molecule has 18 heavy (non-hydrogen) atoms. The molecule has 1 aromatic rings. The van der Waals surface area contributed by atoms with Crippen molar-refractivity contribution in [1.29, 1.82) is 0 Å². The van der Waals surface area contributed by atoms with Crippen LogP contribution in [0.3, 0.4) is 0 Å². The minimum Gasteiger partial charge on any atom is -0.381 e. The highest BCUT2D eigenvalue weighted by molar-refractivity contribution is 5.25. The summed E-state index contributed by atoms with van der Waals surface area (Å²) in [5.74, 6) is 0. The van der Waals surface area contributed by atoms with Crippen LogP contribution in [0.2, 0.25) is 0 Å². The van der Waals surface area contributed by atoms with Gasteiger partial charge in [-0.1, -0.05) is 0 Å². The molecule has 0 amide bonds. The zero-order valence-corrected chi connectivity index (χ0v) is 11.8. The first-order valence-electron chi connectivity index (χ1n) is 6.94. The molecular weight excluding hydrogens is 226 g/mol. The summed E-state index contributed by atoms with van der Waals surface area (Å²) in [6, 6.07) is 0.494. The largest absolute Gasteiger partial charge is 0.381 e. The van der Waals surface area contributed by atoms with Crippen LogP contribution < -0.4 is 5.73 Å². The van der Waals surface area contributed by atoms with Crippen LogP contribution in [0.5, 0.6) is 0 Å². The molecule has 1 aliphatic carbocycles. The van der Waals surface area contributed by atoms with Crippen molar-refractivity contribution in [3.8, 4) is 0 Å². The number of rotatable bonds is 4. The zero-order chi connectivity index (χ0) is 13.1. The Morgan fingerprint density at radius 2 is 2.17 bits per heavy atom. The third-order valence-corrected chi connectivity index (χ3v) is 4.15. The number of aromatic nitrogens is 2. The standard InChI is InChI=1S/C14H25N3O/c1-10-14(7-8-15)11(2)17(16-10)12-5-4-6-13(9-12)18-3/h12-13H,4-9,15H2,1-3H3. The highest BCUT2D eigenvalue weighted by atomic mass is 16.5. The van der Waals surface area contributed by atoms with E-state index in [1.807, 2.05) is 7.11 Å². The molecule has 1 saturated carbocycles. The molecule has 0 spiro atoms. The molecule has 0 radical (unpaired) electrons. The summed E-state index contributed by atoms with van der Waals surface area (Å²) >= 11 is 0. The van der Waals surface area contributed by atoms with Crippen molar-refractivity contribution in [3.05, 3.63) is 17.0 Å². The van der Waals surface area contributed by atoms with Gasteiger partial charge in [-0.15, -0.1) is 0 Å². The average Bonchev–Trinajstić information content (AvgIpc) is 2.67. The van der Waals surface area contributed by atoms with E-state index in [-0.39, 0.29) is 0 Å². The molecule has 2 N–H and O–H groups in total. The van der Waals surface area contributed by atoms with Gasteiger partial charge in [0, 0.05) is 12.8 Å². The number of nitrogens with two attached hydrogens (primary N) is 1. The summed E-state index contributed by atoms with van der Waals surface area (Å²) in [5, 5.41) is 4.73. The molecule has 1 fully saturated rings. The van der Waals surface area contributed by atoms with Gasteiger partial charge in [0.25, 0.3) is 0 Å². The normalized spacial score (nSPS) is 24.4. The van der Waals surface area contributed by atoms with Crippen LogP contribution in [-0.2, 0) is 11.2 Å². The van der Waals surface area contributed by atoms with Gasteiger partial charge in [0.15, 0.2) is 0 Å². The van der Waals surface area contributed by atoms with E-state index in [1.165, 1.54) is 30.5 Å².